The van der Waals surface area contributed by atoms with Crippen LogP contribution in [0.2, 0.25) is 0 Å². The summed E-state index contributed by atoms with van der Waals surface area (Å²) in [5.74, 6) is 6.89. The lowest BCUT2D eigenvalue weighted by Gasteiger charge is -2.28. The normalized spacial score (nSPS) is 12.4. The zero-order valence-electron chi connectivity index (χ0n) is 11.3. The van der Waals surface area contributed by atoms with Crippen molar-refractivity contribution in [3.8, 4) is 0 Å². The van der Waals surface area contributed by atoms with Crippen molar-refractivity contribution in [2.75, 3.05) is 40.3 Å². The lowest BCUT2D eigenvalue weighted by molar-refractivity contribution is 0.300. The molecule has 0 aliphatic rings. The largest absolute Gasteiger partial charge is 0.340 e. The Bertz CT molecular complexity index is 201. The Morgan fingerprint density at radius 1 is 1.31 bits per heavy atom. The molecule has 0 unspecified atom stereocenters. The van der Waals surface area contributed by atoms with E-state index in [9.17, 15) is 0 Å². The summed E-state index contributed by atoms with van der Waals surface area (Å²) in [7, 11) is 4.14. The second kappa shape index (κ2) is 8.35. The van der Waals surface area contributed by atoms with Crippen LogP contribution in [0.25, 0.3) is 0 Å². The Hall–Kier alpha value is -0.810. The molecule has 0 saturated heterocycles. The second-order valence-corrected chi connectivity index (χ2v) is 4.59. The van der Waals surface area contributed by atoms with Crippen molar-refractivity contribution < 1.29 is 0 Å². The molecule has 0 amide bonds. The number of hydrogen-bond acceptors (Lipinski definition) is 3. The molecular weight excluding hydrogens is 202 g/mol. The highest BCUT2D eigenvalue weighted by atomic mass is 15.4. The van der Waals surface area contributed by atoms with Gasteiger partial charge in [0, 0.05) is 26.2 Å². The minimum Gasteiger partial charge on any atom is -0.340 e. The molecule has 0 spiro atoms. The Morgan fingerprint density at radius 2 is 1.94 bits per heavy atom. The van der Waals surface area contributed by atoms with Gasteiger partial charge in [0.05, 0.1) is 0 Å². The summed E-state index contributed by atoms with van der Waals surface area (Å²) in [6.45, 7) is 10.1. The van der Waals surface area contributed by atoms with Gasteiger partial charge in [-0.2, -0.15) is 0 Å². The van der Waals surface area contributed by atoms with Crippen molar-refractivity contribution in [1.82, 2.24) is 15.2 Å². The van der Waals surface area contributed by atoms with E-state index in [1.165, 1.54) is 0 Å². The Balaban J connectivity index is 4.44. The maximum absolute atomic E-state index is 5.51. The number of nitrogens with zero attached hydrogens (tertiary/aromatic N) is 3. The molecule has 96 valence electrons. The van der Waals surface area contributed by atoms with Crippen molar-refractivity contribution in [3.63, 3.8) is 0 Å². The maximum Gasteiger partial charge on any atom is 0.208 e. The number of likely N-dealkylation sites (N-methyl/N-ethyl adjacent to an activating group) is 1. The van der Waals surface area contributed by atoms with Crippen LogP contribution in [-0.2, 0) is 0 Å². The topological polar surface area (TPSA) is 56.9 Å². The van der Waals surface area contributed by atoms with Gasteiger partial charge in [-0.3, -0.25) is 10.4 Å². The van der Waals surface area contributed by atoms with Gasteiger partial charge in [0.25, 0.3) is 0 Å². The predicted octanol–water partition coefficient (Wildman–Crippen LogP) is 0.345. The van der Waals surface area contributed by atoms with Gasteiger partial charge in [-0.25, -0.2) is 5.84 Å². The molecule has 0 fully saturated rings. The highest BCUT2D eigenvalue weighted by molar-refractivity contribution is 5.79. The van der Waals surface area contributed by atoms with E-state index in [0.717, 1.165) is 32.1 Å². The number of rotatable bonds is 6. The second-order valence-electron chi connectivity index (χ2n) is 4.59. The molecule has 0 aliphatic heterocycles. The summed E-state index contributed by atoms with van der Waals surface area (Å²) in [4.78, 5) is 8.72. The minimum absolute atomic E-state index is 0.595. The molecule has 0 saturated carbocycles. The van der Waals surface area contributed by atoms with E-state index in [2.05, 4.69) is 48.2 Å². The SMILES string of the molecule is CCN=C(NN)N(CCN(C)C)CC(C)C. The third-order valence-corrected chi connectivity index (χ3v) is 2.14. The highest BCUT2D eigenvalue weighted by Gasteiger charge is 2.11. The van der Waals surface area contributed by atoms with Gasteiger partial charge >= 0.3 is 0 Å². The first-order chi connectivity index (χ1) is 7.51. The zero-order valence-corrected chi connectivity index (χ0v) is 11.3. The number of nitrogens with two attached hydrogens (primary N) is 1. The number of hydrogen-bond donors (Lipinski definition) is 2. The van der Waals surface area contributed by atoms with Crippen LogP contribution in [0.3, 0.4) is 0 Å². The van der Waals surface area contributed by atoms with Gasteiger partial charge in [0.15, 0.2) is 0 Å². The van der Waals surface area contributed by atoms with Gasteiger partial charge in [-0.05, 0) is 26.9 Å². The van der Waals surface area contributed by atoms with E-state index >= 15 is 0 Å². The number of nitrogens with one attached hydrogen (secondary N) is 1. The highest BCUT2D eigenvalue weighted by Crippen LogP contribution is 1.99. The summed E-state index contributed by atoms with van der Waals surface area (Å²) in [6, 6.07) is 0. The standard InChI is InChI=1S/C11H27N5/c1-6-13-11(14-12)16(9-10(2)3)8-7-15(4)5/h10H,6-9,12H2,1-5H3,(H,13,14). The van der Waals surface area contributed by atoms with Crippen molar-refractivity contribution >= 4 is 5.96 Å². The van der Waals surface area contributed by atoms with Crippen molar-refractivity contribution in [2.45, 2.75) is 20.8 Å². The van der Waals surface area contributed by atoms with E-state index < -0.39 is 0 Å². The monoisotopic (exact) mass is 229 g/mol. The molecule has 0 radical (unpaired) electrons. The van der Waals surface area contributed by atoms with Gasteiger partial charge in [0.2, 0.25) is 5.96 Å². The summed E-state index contributed by atoms with van der Waals surface area (Å²) >= 11 is 0. The predicted molar refractivity (Wildman–Crippen MR) is 70.3 cm³/mol. The molecule has 0 heterocycles. The average Bonchev–Trinajstić information content (AvgIpc) is 2.20. The van der Waals surface area contributed by atoms with Crippen LogP contribution in [0.5, 0.6) is 0 Å². The summed E-state index contributed by atoms with van der Waals surface area (Å²) in [6.07, 6.45) is 0. The van der Waals surface area contributed by atoms with Crippen LogP contribution in [0.4, 0.5) is 0 Å². The average molecular weight is 229 g/mol. The van der Waals surface area contributed by atoms with Crippen molar-refractivity contribution in [1.29, 1.82) is 0 Å². The van der Waals surface area contributed by atoms with Gasteiger partial charge in [-0.1, -0.05) is 13.8 Å². The van der Waals surface area contributed by atoms with Crippen LogP contribution in [-0.4, -0.2) is 56.0 Å². The summed E-state index contributed by atoms with van der Waals surface area (Å²) in [5, 5.41) is 0. The fourth-order valence-electron chi connectivity index (χ4n) is 1.43. The Labute approximate surface area is 99.7 Å². The molecule has 0 aromatic rings. The molecule has 3 N–H and O–H groups in total. The van der Waals surface area contributed by atoms with E-state index in [4.69, 9.17) is 5.84 Å². The molecule has 0 aromatic heterocycles. The third kappa shape index (κ3) is 6.63. The maximum atomic E-state index is 5.51. The molecular formula is C11H27N5. The molecule has 0 atom stereocenters. The van der Waals surface area contributed by atoms with E-state index in [-0.39, 0.29) is 0 Å². The van der Waals surface area contributed by atoms with Crippen LogP contribution < -0.4 is 11.3 Å². The van der Waals surface area contributed by atoms with Crippen LogP contribution in [0.1, 0.15) is 20.8 Å². The van der Waals surface area contributed by atoms with Gasteiger partial charge in [0.1, 0.15) is 0 Å². The quantitative estimate of drug-likeness (QED) is 0.298. The summed E-state index contributed by atoms with van der Waals surface area (Å²) in [5.41, 5.74) is 2.69. The lowest BCUT2D eigenvalue weighted by Crippen LogP contribution is -2.48. The van der Waals surface area contributed by atoms with Gasteiger partial charge < -0.3 is 9.80 Å². The number of guanidine groups is 1. The summed E-state index contributed by atoms with van der Waals surface area (Å²) < 4.78 is 0. The molecule has 5 nitrogen and oxygen atoms in total. The first-order valence-corrected chi connectivity index (χ1v) is 5.92. The Morgan fingerprint density at radius 3 is 2.31 bits per heavy atom. The fraction of sp³-hybridized carbons (Fsp3) is 0.909. The first-order valence-electron chi connectivity index (χ1n) is 5.92. The molecule has 0 bridgehead atoms. The molecule has 0 aromatic carbocycles. The van der Waals surface area contributed by atoms with Crippen molar-refractivity contribution in [3.05, 3.63) is 0 Å². The Kier molecular flexibility index (Phi) is 7.93. The number of aliphatic imine (C=N–C) groups is 1. The van der Waals surface area contributed by atoms with E-state index in [0.29, 0.717) is 5.92 Å². The van der Waals surface area contributed by atoms with Crippen molar-refractivity contribution in [2.24, 2.45) is 16.8 Å². The molecule has 0 rings (SSSR count). The van der Waals surface area contributed by atoms with E-state index in [1.54, 1.807) is 0 Å². The van der Waals surface area contributed by atoms with Crippen LogP contribution in [0.15, 0.2) is 4.99 Å². The van der Waals surface area contributed by atoms with E-state index in [1.807, 2.05) is 6.92 Å². The smallest absolute Gasteiger partial charge is 0.208 e. The molecule has 5 heteroatoms. The van der Waals surface area contributed by atoms with Gasteiger partial charge in [-0.15, -0.1) is 0 Å². The minimum atomic E-state index is 0.595. The first kappa shape index (κ1) is 15.2. The molecule has 16 heavy (non-hydrogen) atoms. The van der Waals surface area contributed by atoms with Crippen LogP contribution >= 0.6 is 0 Å². The fourth-order valence-corrected chi connectivity index (χ4v) is 1.43. The molecule has 0 aliphatic carbocycles. The lowest BCUT2D eigenvalue weighted by atomic mass is 10.2. The van der Waals surface area contributed by atoms with Crippen LogP contribution in [0, 0.1) is 5.92 Å². The zero-order chi connectivity index (χ0) is 12.6. The third-order valence-electron chi connectivity index (χ3n) is 2.14. The number of hydrazine groups is 1.